The second-order valence-electron chi connectivity index (χ2n) is 0. The van der Waals surface area contributed by atoms with Crippen molar-refractivity contribution in [3.8, 4) is 0 Å². The molecule has 0 rings (SSSR count). The van der Waals surface area contributed by atoms with Gasteiger partial charge in [-0.25, -0.2) is 0 Å². The second kappa shape index (κ2) is 96.8. The second-order valence-corrected chi connectivity index (χ2v) is 0. The van der Waals surface area contributed by atoms with Crippen LogP contribution in [0.15, 0.2) is 0 Å². The minimum atomic E-state index is 0. The molecule has 42 valence electrons. The SMILES string of the molecule is O.OO.[Ni].[Ni]. The van der Waals surface area contributed by atoms with Gasteiger partial charge in [-0.1, -0.05) is 0 Å². The fourth-order valence-electron chi connectivity index (χ4n) is 0. The summed E-state index contributed by atoms with van der Waals surface area (Å²) in [5, 5.41) is 12.0. The first-order valence-corrected chi connectivity index (χ1v) is 0.200. The Kier molecular flexibility index (Phi) is 772. The zero-order valence-electron chi connectivity index (χ0n) is 2.03. The molecule has 0 aliphatic rings. The van der Waals surface area contributed by atoms with E-state index in [-0.39, 0.29) is 38.5 Å². The van der Waals surface area contributed by atoms with Gasteiger partial charge >= 0.3 is 0 Å². The molecule has 0 spiro atoms. The molecule has 0 amide bonds. The van der Waals surface area contributed by atoms with Gasteiger partial charge in [0.1, 0.15) is 0 Å². The summed E-state index contributed by atoms with van der Waals surface area (Å²) in [4.78, 5) is 0. The van der Waals surface area contributed by atoms with Crippen molar-refractivity contribution >= 4 is 0 Å². The van der Waals surface area contributed by atoms with E-state index in [0.717, 1.165) is 0 Å². The Balaban J connectivity index is -0.00000000167. The van der Waals surface area contributed by atoms with Crippen LogP contribution in [-0.2, 0) is 33.0 Å². The average molecular weight is 169 g/mol. The van der Waals surface area contributed by atoms with Crippen LogP contribution >= 0.6 is 0 Å². The average Bonchev–Trinajstić information content (AvgIpc) is 1.00. The zero-order chi connectivity index (χ0) is 2.00. The molecule has 0 aromatic carbocycles. The van der Waals surface area contributed by atoms with Gasteiger partial charge in [0, 0.05) is 33.0 Å². The Morgan fingerprint density at radius 2 is 0.800 bits per heavy atom. The molecule has 0 aliphatic heterocycles. The molecule has 0 aromatic heterocycles. The molecule has 0 saturated carbocycles. The van der Waals surface area contributed by atoms with Crippen molar-refractivity contribution in [3.05, 3.63) is 0 Å². The molecule has 0 unspecified atom stereocenters. The van der Waals surface area contributed by atoms with Crippen LogP contribution in [0.3, 0.4) is 0 Å². The fourth-order valence-corrected chi connectivity index (χ4v) is 0. The number of hydrogen-bond acceptors (Lipinski definition) is 2. The van der Waals surface area contributed by atoms with Crippen molar-refractivity contribution in [2.75, 3.05) is 0 Å². The van der Waals surface area contributed by atoms with Gasteiger partial charge < -0.3 is 5.48 Å². The van der Waals surface area contributed by atoms with E-state index in [4.69, 9.17) is 10.5 Å². The van der Waals surface area contributed by atoms with Crippen molar-refractivity contribution in [1.82, 2.24) is 0 Å². The molecule has 0 atom stereocenters. The maximum atomic E-state index is 6.00. The quantitative estimate of drug-likeness (QED) is 0.283. The van der Waals surface area contributed by atoms with Crippen LogP contribution in [0.2, 0.25) is 0 Å². The van der Waals surface area contributed by atoms with Crippen LogP contribution < -0.4 is 0 Å². The summed E-state index contributed by atoms with van der Waals surface area (Å²) < 4.78 is 0. The molecule has 0 bridgehead atoms. The van der Waals surface area contributed by atoms with Gasteiger partial charge in [-0.15, -0.1) is 0 Å². The van der Waals surface area contributed by atoms with Gasteiger partial charge in [-0.05, 0) is 0 Å². The number of rotatable bonds is 0. The topological polar surface area (TPSA) is 72.0 Å². The first-order valence-electron chi connectivity index (χ1n) is 0.200. The van der Waals surface area contributed by atoms with Crippen molar-refractivity contribution in [3.63, 3.8) is 0 Å². The van der Waals surface area contributed by atoms with Crippen LogP contribution in [-0.4, -0.2) is 16.0 Å². The van der Waals surface area contributed by atoms with Crippen LogP contribution in [0.25, 0.3) is 0 Å². The van der Waals surface area contributed by atoms with Crippen molar-refractivity contribution in [2.24, 2.45) is 0 Å². The minimum Gasteiger partial charge on any atom is -0.412 e. The van der Waals surface area contributed by atoms with E-state index >= 15 is 0 Å². The predicted molar refractivity (Wildman–Crippen MR) is 8.87 cm³/mol. The smallest absolute Gasteiger partial charge is 0 e. The van der Waals surface area contributed by atoms with Gasteiger partial charge in [0.15, 0.2) is 0 Å². The third kappa shape index (κ3) is 53.2. The van der Waals surface area contributed by atoms with Gasteiger partial charge in [-0.3, -0.25) is 10.5 Å². The summed E-state index contributed by atoms with van der Waals surface area (Å²) in [6.45, 7) is 0. The van der Waals surface area contributed by atoms with Gasteiger partial charge in [-0.2, -0.15) is 0 Å². The van der Waals surface area contributed by atoms with Crippen molar-refractivity contribution in [2.45, 2.75) is 0 Å². The third-order valence-electron chi connectivity index (χ3n) is 0. The summed E-state index contributed by atoms with van der Waals surface area (Å²) >= 11 is 0. The molecular weight excluding hydrogens is 165 g/mol. The van der Waals surface area contributed by atoms with Crippen LogP contribution in [0.4, 0.5) is 0 Å². The molecule has 3 nitrogen and oxygen atoms in total. The maximum Gasteiger partial charge on any atom is 0 e. The summed E-state index contributed by atoms with van der Waals surface area (Å²) in [7, 11) is 0. The Morgan fingerprint density at radius 3 is 0.800 bits per heavy atom. The summed E-state index contributed by atoms with van der Waals surface area (Å²) in [6.07, 6.45) is 0. The molecule has 0 radical (unpaired) electrons. The van der Waals surface area contributed by atoms with Crippen molar-refractivity contribution < 1.29 is 49.0 Å². The zero-order valence-corrected chi connectivity index (χ0v) is 4.00. The molecule has 0 aliphatic carbocycles. The maximum absolute atomic E-state index is 6.00. The van der Waals surface area contributed by atoms with Gasteiger partial charge in [0.05, 0.1) is 0 Å². The largest absolute Gasteiger partial charge is 0.412 e. The van der Waals surface area contributed by atoms with Crippen LogP contribution in [0.5, 0.6) is 0 Å². The Morgan fingerprint density at radius 1 is 0.800 bits per heavy atom. The van der Waals surface area contributed by atoms with E-state index in [1.807, 2.05) is 0 Å². The normalized spacial score (nSPS) is 1.20. The third-order valence-corrected chi connectivity index (χ3v) is 0. The van der Waals surface area contributed by atoms with E-state index in [0.29, 0.717) is 0 Å². The molecule has 0 fully saturated rings. The summed E-state index contributed by atoms with van der Waals surface area (Å²) in [5.41, 5.74) is 0. The monoisotopic (exact) mass is 168 g/mol. The molecule has 5 heteroatoms. The number of hydrogen-bond donors (Lipinski definition) is 2. The Bertz CT molecular complexity index is 4.85. The summed E-state index contributed by atoms with van der Waals surface area (Å²) in [5.74, 6) is 0. The first kappa shape index (κ1) is 39.9. The van der Waals surface area contributed by atoms with Gasteiger partial charge in [0.2, 0.25) is 0 Å². The fraction of sp³-hybridized carbons (Fsp3) is 0. The van der Waals surface area contributed by atoms with Crippen molar-refractivity contribution in [1.29, 1.82) is 0 Å². The van der Waals surface area contributed by atoms with E-state index in [2.05, 4.69) is 0 Å². The molecule has 0 saturated heterocycles. The van der Waals surface area contributed by atoms with Crippen LogP contribution in [0, 0.1) is 0 Å². The van der Waals surface area contributed by atoms with Crippen LogP contribution in [0.1, 0.15) is 0 Å². The molecule has 5 heavy (non-hydrogen) atoms. The molecule has 4 N–H and O–H groups in total. The standard InChI is InChI=1S/2Ni.H2O2.H2O/c;;1-2;/h;;1-2H;1H2. The van der Waals surface area contributed by atoms with E-state index in [1.165, 1.54) is 0 Å². The van der Waals surface area contributed by atoms with E-state index < -0.39 is 0 Å². The van der Waals surface area contributed by atoms with Gasteiger partial charge in [0.25, 0.3) is 0 Å². The minimum absolute atomic E-state index is 0. The molecule has 0 heterocycles. The predicted octanol–water partition coefficient (Wildman–Crippen LogP) is -0.812. The molecule has 0 aromatic rings. The first-order chi connectivity index (χ1) is 1.00. The van der Waals surface area contributed by atoms with E-state index in [9.17, 15) is 0 Å². The summed E-state index contributed by atoms with van der Waals surface area (Å²) in [6, 6.07) is 0. The van der Waals surface area contributed by atoms with E-state index in [1.54, 1.807) is 0 Å². The molecular formula is H4Ni2O3. The Hall–Kier alpha value is 0.867. The Labute approximate surface area is 49.5 Å².